The Morgan fingerprint density at radius 2 is 1.91 bits per heavy atom. The number of aryl methyl sites for hydroxylation is 1. The van der Waals surface area contributed by atoms with Gasteiger partial charge in [0.2, 0.25) is 6.79 Å². The van der Waals surface area contributed by atoms with E-state index in [2.05, 4.69) is 12.2 Å². The highest BCUT2D eigenvalue weighted by molar-refractivity contribution is 5.94. The van der Waals surface area contributed by atoms with Crippen LogP contribution in [-0.2, 0) is 11.2 Å². The summed E-state index contributed by atoms with van der Waals surface area (Å²) in [4.78, 5) is 12.2. The number of benzene rings is 2. The van der Waals surface area contributed by atoms with E-state index in [0.717, 1.165) is 6.42 Å². The summed E-state index contributed by atoms with van der Waals surface area (Å²) in [5.74, 6) is 1.77. The van der Waals surface area contributed by atoms with Crippen LogP contribution in [0.25, 0.3) is 0 Å². The predicted octanol–water partition coefficient (Wildman–Crippen LogP) is 3.38. The van der Waals surface area contributed by atoms with Crippen LogP contribution in [0.5, 0.6) is 17.2 Å². The van der Waals surface area contributed by atoms with Gasteiger partial charge in [-0.2, -0.15) is 0 Å². The lowest BCUT2D eigenvalue weighted by atomic mass is 10.2. The number of fused-ring (bicyclic) bond motifs is 1. The van der Waals surface area contributed by atoms with Gasteiger partial charge in [-0.15, -0.1) is 0 Å². The number of carbonyl (C=O) groups is 1. The average Bonchev–Trinajstić information content (AvgIpc) is 3.03. The average molecular weight is 313 g/mol. The van der Waals surface area contributed by atoms with Gasteiger partial charge in [-0.3, -0.25) is 4.79 Å². The number of anilines is 1. The second kappa shape index (κ2) is 6.60. The molecule has 1 amide bonds. The van der Waals surface area contributed by atoms with E-state index in [-0.39, 0.29) is 12.7 Å². The molecule has 0 bridgehead atoms. The molecule has 120 valence electrons. The van der Waals surface area contributed by atoms with E-state index in [1.165, 1.54) is 5.56 Å². The van der Waals surface area contributed by atoms with Crippen molar-refractivity contribution in [3.8, 4) is 17.2 Å². The third kappa shape index (κ3) is 3.56. The van der Waals surface area contributed by atoms with Crippen LogP contribution in [0, 0.1) is 0 Å². The first-order chi connectivity index (χ1) is 11.2. The van der Waals surface area contributed by atoms with Gasteiger partial charge < -0.3 is 19.5 Å². The first-order valence-electron chi connectivity index (χ1n) is 7.62. The number of hydrogen-bond donors (Lipinski definition) is 1. The molecule has 0 fully saturated rings. The first kappa shape index (κ1) is 15.2. The molecule has 0 aromatic heterocycles. The van der Waals surface area contributed by atoms with E-state index in [0.29, 0.717) is 22.9 Å². The largest absolute Gasteiger partial charge is 0.481 e. The molecule has 1 N–H and O–H groups in total. The van der Waals surface area contributed by atoms with Gasteiger partial charge in [-0.25, -0.2) is 0 Å². The fourth-order valence-electron chi connectivity index (χ4n) is 2.28. The van der Waals surface area contributed by atoms with Gasteiger partial charge in [0.1, 0.15) is 5.75 Å². The van der Waals surface area contributed by atoms with E-state index in [1.54, 1.807) is 25.1 Å². The Balaban J connectivity index is 1.60. The quantitative estimate of drug-likeness (QED) is 0.919. The van der Waals surface area contributed by atoms with E-state index >= 15 is 0 Å². The van der Waals surface area contributed by atoms with Gasteiger partial charge in [0.15, 0.2) is 17.6 Å². The molecule has 5 heteroatoms. The van der Waals surface area contributed by atoms with Crippen molar-refractivity contribution in [2.24, 2.45) is 0 Å². The van der Waals surface area contributed by atoms with Crippen LogP contribution in [-0.4, -0.2) is 18.8 Å². The molecule has 1 aliphatic heterocycles. The summed E-state index contributed by atoms with van der Waals surface area (Å²) in [7, 11) is 0. The van der Waals surface area contributed by atoms with Crippen LogP contribution >= 0.6 is 0 Å². The SMILES string of the molecule is CCc1ccc(OC(C)C(=O)Nc2ccc3c(c2)OCO3)cc1. The van der Waals surface area contributed by atoms with Crippen LogP contribution in [0.15, 0.2) is 42.5 Å². The molecule has 0 saturated heterocycles. The van der Waals surface area contributed by atoms with E-state index in [4.69, 9.17) is 14.2 Å². The van der Waals surface area contributed by atoms with Gasteiger partial charge in [0.25, 0.3) is 5.91 Å². The summed E-state index contributed by atoms with van der Waals surface area (Å²) in [6.07, 6.45) is 0.369. The van der Waals surface area contributed by atoms with E-state index in [9.17, 15) is 4.79 Å². The lowest BCUT2D eigenvalue weighted by Gasteiger charge is -2.15. The Morgan fingerprint density at radius 1 is 1.17 bits per heavy atom. The Kier molecular flexibility index (Phi) is 4.37. The molecule has 1 heterocycles. The first-order valence-corrected chi connectivity index (χ1v) is 7.62. The summed E-state index contributed by atoms with van der Waals surface area (Å²) in [6, 6.07) is 13.0. The summed E-state index contributed by atoms with van der Waals surface area (Å²) < 4.78 is 16.2. The Hall–Kier alpha value is -2.69. The van der Waals surface area contributed by atoms with Crippen molar-refractivity contribution in [1.82, 2.24) is 0 Å². The molecule has 0 saturated carbocycles. The van der Waals surface area contributed by atoms with Gasteiger partial charge in [0, 0.05) is 11.8 Å². The third-order valence-electron chi connectivity index (χ3n) is 3.65. The maximum atomic E-state index is 12.2. The van der Waals surface area contributed by atoms with Crippen LogP contribution in [0.3, 0.4) is 0 Å². The highest BCUT2D eigenvalue weighted by Gasteiger charge is 2.18. The molecule has 2 aromatic rings. The zero-order chi connectivity index (χ0) is 16.2. The Labute approximate surface area is 135 Å². The highest BCUT2D eigenvalue weighted by atomic mass is 16.7. The summed E-state index contributed by atoms with van der Waals surface area (Å²) in [6.45, 7) is 4.02. The lowest BCUT2D eigenvalue weighted by molar-refractivity contribution is -0.122. The molecule has 0 aliphatic carbocycles. The molecule has 2 aromatic carbocycles. The fraction of sp³-hybridized carbons (Fsp3) is 0.278. The number of amides is 1. The van der Waals surface area contributed by atoms with Gasteiger partial charge in [0.05, 0.1) is 0 Å². The van der Waals surface area contributed by atoms with Crippen LogP contribution in [0.1, 0.15) is 19.4 Å². The molecule has 1 atom stereocenters. The molecule has 3 rings (SSSR count). The van der Waals surface area contributed by atoms with Crippen molar-refractivity contribution >= 4 is 11.6 Å². The molecule has 1 unspecified atom stereocenters. The molecule has 1 aliphatic rings. The monoisotopic (exact) mass is 313 g/mol. The van der Waals surface area contributed by atoms with Crippen molar-refractivity contribution in [3.63, 3.8) is 0 Å². The second-order valence-corrected chi connectivity index (χ2v) is 5.31. The molecule has 0 radical (unpaired) electrons. The Morgan fingerprint density at radius 3 is 2.65 bits per heavy atom. The number of carbonyl (C=O) groups excluding carboxylic acids is 1. The van der Waals surface area contributed by atoms with Crippen LogP contribution in [0.4, 0.5) is 5.69 Å². The predicted molar refractivity (Wildman–Crippen MR) is 87.1 cm³/mol. The van der Waals surface area contributed by atoms with Crippen molar-refractivity contribution < 1.29 is 19.0 Å². The van der Waals surface area contributed by atoms with Gasteiger partial charge >= 0.3 is 0 Å². The van der Waals surface area contributed by atoms with Gasteiger partial charge in [-0.05, 0) is 43.2 Å². The number of hydrogen-bond acceptors (Lipinski definition) is 4. The maximum Gasteiger partial charge on any atom is 0.265 e. The molecule has 5 nitrogen and oxygen atoms in total. The number of rotatable bonds is 5. The zero-order valence-electron chi connectivity index (χ0n) is 13.2. The van der Waals surface area contributed by atoms with E-state index < -0.39 is 6.10 Å². The third-order valence-corrected chi connectivity index (χ3v) is 3.65. The summed E-state index contributed by atoms with van der Waals surface area (Å²) >= 11 is 0. The topological polar surface area (TPSA) is 56.8 Å². The minimum absolute atomic E-state index is 0.208. The smallest absolute Gasteiger partial charge is 0.265 e. The second-order valence-electron chi connectivity index (χ2n) is 5.31. The van der Waals surface area contributed by atoms with Crippen molar-refractivity contribution in [2.75, 3.05) is 12.1 Å². The fourth-order valence-corrected chi connectivity index (χ4v) is 2.28. The maximum absolute atomic E-state index is 12.2. The van der Waals surface area contributed by atoms with Gasteiger partial charge in [-0.1, -0.05) is 19.1 Å². The minimum atomic E-state index is -0.604. The number of nitrogens with one attached hydrogen (secondary N) is 1. The van der Waals surface area contributed by atoms with Crippen molar-refractivity contribution in [1.29, 1.82) is 0 Å². The number of ether oxygens (including phenoxy) is 3. The van der Waals surface area contributed by atoms with Crippen molar-refractivity contribution in [2.45, 2.75) is 26.4 Å². The lowest BCUT2D eigenvalue weighted by Crippen LogP contribution is -2.30. The summed E-state index contributed by atoms with van der Waals surface area (Å²) in [5.41, 5.74) is 1.88. The molecule has 23 heavy (non-hydrogen) atoms. The summed E-state index contributed by atoms with van der Waals surface area (Å²) in [5, 5.41) is 2.81. The molecular weight excluding hydrogens is 294 g/mol. The Bertz CT molecular complexity index is 697. The molecule has 0 spiro atoms. The van der Waals surface area contributed by atoms with Crippen LogP contribution < -0.4 is 19.5 Å². The highest BCUT2D eigenvalue weighted by Crippen LogP contribution is 2.34. The normalized spacial score (nSPS) is 13.5. The van der Waals surface area contributed by atoms with Crippen molar-refractivity contribution in [3.05, 3.63) is 48.0 Å². The standard InChI is InChI=1S/C18H19NO4/c1-3-13-4-7-15(8-5-13)23-12(2)18(20)19-14-6-9-16-17(10-14)22-11-21-16/h4-10,12H,3,11H2,1-2H3,(H,19,20). The zero-order valence-corrected chi connectivity index (χ0v) is 13.2. The van der Waals surface area contributed by atoms with E-state index in [1.807, 2.05) is 24.3 Å². The molecular formula is C18H19NO4. The van der Waals surface area contributed by atoms with Crippen LogP contribution in [0.2, 0.25) is 0 Å². The minimum Gasteiger partial charge on any atom is -0.481 e.